The molecule has 0 saturated heterocycles. The highest BCUT2D eigenvalue weighted by Crippen LogP contribution is 2.22. The molecule has 0 fully saturated rings. The highest BCUT2D eigenvalue weighted by Gasteiger charge is 2.17. The summed E-state index contributed by atoms with van der Waals surface area (Å²) in [4.78, 5) is 11.0. The summed E-state index contributed by atoms with van der Waals surface area (Å²) in [5, 5.41) is 9.01. The van der Waals surface area contributed by atoms with Gasteiger partial charge in [0.25, 0.3) is 0 Å². The predicted molar refractivity (Wildman–Crippen MR) is 70.1 cm³/mol. The van der Waals surface area contributed by atoms with Crippen molar-refractivity contribution in [1.29, 1.82) is 0 Å². The van der Waals surface area contributed by atoms with E-state index in [9.17, 15) is 13.6 Å². The number of nitrogens with zero attached hydrogens (tertiary/aromatic N) is 1. The molecule has 0 bridgehead atoms. The molecular formula is C12H8F2INO2. The molecule has 0 aliphatic rings. The molecule has 2 rings (SSSR count). The third-order valence-electron chi connectivity index (χ3n) is 2.49. The average Bonchev–Trinajstić information content (AvgIpc) is 2.65. The lowest BCUT2D eigenvalue weighted by Gasteiger charge is -2.09. The number of hydrogen-bond acceptors (Lipinski definition) is 1. The first-order valence-electron chi connectivity index (χ1n) is 4.97. The number of aromatic carboxylic acids is 1. The first-order valence-corrected chi connectivity index (χ1v) is 6.05. The molecule has 1 aromatic carbocycles. The van der Waals surface area contributed by atoms with E-state index in [-0.39, 0.29) is 16.9 Å². The van der Waals surface area contributed by atoms with Crippen molar-refractivity contribution in [1.82, 2.24) is 4.57 Å². The second-order valence-corrected chi connectivity index (χ2v) is 5.02. The maximum absolute atomic E-state index is 13.8. The number of carbonyl (C=O) groups is 1. The van der Waals surface area contributed by atoms with Crippen molar-refractivity contribution >= 4 is 28.6 Å². The van der Waals surface area contributed by atoms with Crippen LogP contribution in [0.15, 0.2) is 24.4 Å². The van der Waals surface area contributed by atoms with Gasteiger partial charge in [-0.3, -0.25) is 0 Å². The van der Waals surface area contributed by atoms with Crippen molar-refractivity contribution < 1.29 is 18.7 Å². The third-order valence-corrected chi connectivity index (χ3v) is 3.08. The molecule has 0 spiro atoms. The molecule has 1 aromatic heterocycles. The summed E-state index contributed by atoms with van der Waals surface area (Å²) in [6.45, 7) is 1.44. The Labute approximate surface area is 115 Å². The molecule has 0 atom stereocenters. The van der Waals surface area contributed by atoms with Gasteiger partial charge in [-0.15, -0.1) is 0 Å². The smallest absolute Gasteiger partial charge is 0.352 e. The fourth-order valence-electron chi connectivity index (χ4n) is 1.61. The summed E-state index contributed by atoms with van der Waals surface area (Å²) in [7, 11) is 0. The molecule has 2 aromatic rings. The van der Waals surface area contributed by atoms with Crippen LogP contribution in [-0.4, -0.2) is 15.6 Å². The number of hydrogen-bond donors (Lipinski definition) is 1. The second-order valence-electron chi connectivity index (χ2n) is 3.77. The number of aryl methyl sites for hydroxylation is 1. The van der Waals surface area contributed by atoms with E-state index in [4.69, 9.17) is 5.11 Å². The van der Waals surface area contributed by atoms with E-state index in [1.807, 2.05) is 22.6 Å². The lowest BCUT2D eigenvalue weighted by molar-refractivity contribution is 0.0688. The van der Waals surface area contributed by atoms with Crippen molar-refractivity contribution in [2.75, 3.05) is 0 Å². The Kier molecular flexibility index (Phi) is 3.38. The zero-order valence-electron chi connectivity index (χ0n) is 9.25. The van der Waals surface area contributed by atoms with Crippen LogP contribution in [0.2, 0.25) is 0 Å². The van der Waals surface area contributed by atoms with Crippen molar-refractivity contribution in [3.05, 3.63) is 50.9 Å². The summed E-state index contributed by atoms with van der Waals surface area (Å²) < 4.78 is 29.0. The van der Waals surface area contributed by atoms with E-state index in [1.165, 1.54) is 19.2 Å². The first kappa shape index (κ1) is 13.0. The summed E-state index contributed by atoms with van der Waals surface area (Å²) in [5.41, 5.74) is -0.0463. The minimum absolute atomic E-state index is 0.110. The van der Waals surface area contributed by atoms with Gasteiger partial charge >= 0.3 is 5.97 Å². The zero-order valence-corrected chi connectivity index (χ0v) is 11.4. The van der Waals surface area contributed by atoms with Crippen LogP contribution in [0.4, 0.5) is 8.78 Å². The fraction of sp³-hybridized carbons (Fsp3) is 0.0833. The van der Waals surface area contributed by atoms with Crippen LogP contribution >= 0.6 is 22.6 Å². The molecule has 0 saturated carbocycles. The van der Waals surface area contributed by atoms with Crippen molar-refractivity contribution in [2.45, 2.75) is 6.92 Å². The molecule has 0 aliphatic heterocycles. The number of rotatable bonds is 2. The van der Waals surface area contributed by atoms with E-state index >= 15 is 0 Å². The van der Waals surface area contributed by atoms with Crippen LogP contribution < -0.4 is 0 Å². The SMILES string of the molecule is Cc1cc(F)c(-n2cc(I)cc2C(=O)O)cc1F. The van der Waals surface area contributed by atoms with E-state index in [2.05, 4.69) is 0 Å². The molecule has 1 heterocycles. The summed E-state index contributed by atoms with van der Waals surface area (Å²) in [6, 6.07) is 3.43. The quantitative estimate of drug-likeness (QED) is 0.832. The number of carboxylic acids is 1. The predicted octanol–water partition coefficient (Wildman–Crippen LogP) is 3.37. The summed E-state index contributed by atoms with van der Waals surface area (Å²) in [6.07, 6.45) is 1.44. The van der Waals surface area contributed by atoms with Crippen LogP contribution in [0.25, 0.3) is 5.69 Å². The van der Waals surface area contributed by atoms with E-state index in [0.717, 1.165) is 16.7 Å². The molecule has 0 radical (unpaired) electrons. The molecule has 0 amide bonds. The third kappa shape index (κ3) is 2.24. The van der Waals surface area contributed by atoms with Crippen LogP contribution in [-0.2, 0) is 0 Å². The minimum atomic E-state index is -1.20. The molecule has 1 N–H and O–H groups in total. The maximum Gasteiger partial charge on any atom is 0.352 e. The standard InChI is InChI=1S/C12H8F2INO2/c1-6-2-9(14)10(4-8(6)13)16-5-7(15)3-11(16)12(17)18/h2-5H,1H3,(H,17,18). The van der Waals surface area contributed by atoms with Gasteiger partial charge in [0.15, 0.2) is 0 Å². The normalized spacial score (nSPS) is 10.7. The topological polar surface area (TPSA) is 42.2 Å². The first-order chi connectivity index (χ1) is 8.40. The van der Waals surface area contributed by atoms with Gasteiger partial charge in [-0.25, -0.2) is 13.6 Å². The summed E-state index contributed by atoms with van der Waals surface area (Å²) >= 11 is 1.91. The van der Waals surface area contributed by atoms with Gasteiger partial charge < -0.3 is 9.67 Å². The number of aromatic nitrogens is 1. The van der Waals surface area contributed by atoms with Crippen LogP contribution in [0, 0.1) is 22.1 Å². The lowest BCUT2D eigenvalue weighted by Crippen LogP contribution is -2.08. The van der Waals surface area contributed by atoms with Gasteiger partial charge in [0.2, 0.25) is 0 Å². The van der Waals surface area contributed by atoms with E-state index in [0.29, 0.717) is 3.57 Å². The van der Waals surface area contributed by atoms with Gasteiger partial charge in [0, 0.05) is 15.8 Å². The lowest BCUT2D eigenvalue weighted by atomic mass is 10.2. The number of carboxylic acid groups (broad SMARTS) is 1. The Balaban J connectivity index is 2.69. The largest absolute Gasteiger partial charge is 0.477 e. The Hall–Kier alpha value is -1.44. The summed E-state index contributed by atoms with van der Waals surface area (Å²) in [5.74, 6) is -2.44. The second kappa shape index (κ2) is 4.68. The van der Waals surface area contributed by atoms with E-state index in [1.54, 1.807) is 0 Å². The molecule has 0 unspecified atom stereocenters. The zero-order chi connectivity index (χ0) is 13.4. The fourth-order valence-corrected chi connectivity index (χ4v) is 2.19. The minimum Gasteiger partial charge on any atom is -0.477 e. The van der Waals surface area contributed by atoms with Crippen LogP contribution in [0.3, 0.4) is 0 Å². The van der Waals surface area contributed by atoms with Crippen LogP contribution in [0.5, 0.6) is 0 Å². The van der Waals surface area contributed by atoms with E-state index < -0.39 is 17.6 Å². The van der Waals surface area contributed by atoms with Crippen molar-refractivity contribution in [3.63, 3.8) is 0 Å². The van der Waals surface area contributed by atoms with Gasteiger partial charge in [0.1, 0.15) is 17.3 Å². The number of halogens is 3. The van der Waals surface area contributed by atoms with Crippen molar-refractivity contribution in [3.8, 4) is 5.69 Å². The van der Waals surface area contributed by atoms with Crippen LogP contribution in [0.1, 0.15) is 16.1 Å². The van der Waals surface area contributed by atoms with Gasteiger partial charge in [0.05, 0.1) is 5.69 Å². The number of benzene rings is 1. The molecule has 94 valence electrons. The molecular weight excluding hydrogens is 355 g/mol. The molecule has 0 aliphatic carbocycles. The Bertz CT molecular complexity index is 637. The van der Waals surface area contributed by atoms with Gasteiger partial charge in [-0.05, 0) is 47.2 Å². The maximum atomic E-state index is 13.8. The molecule has 6 heteroatoms. The van der Waals surface area contributed by atoms with Crippen molar-refractivity contribution in [2.24, 2.45) is 0 Å². The Morgan fingerprint density at radius 2 is 1.94 bits per heavy atom. The molecule has 3 nitrogen and oxygen atoms in total. The average molecular weight is 363 g/mol. The highest BCUT2D eigenvalue weighted by molar-refractivity contribution is 14.1. The Morgan fingerprint density at radius 1 is 1.28 bits per heavy atom. The molecule has 18 heavy (non-hydrogen) atoms. The monoisotopic (exact) mass is 363 g/mol. The highest BCUT2D eigenvalue weighted by atomic mass is 127. The Morgan fingerprint density at radius 3 is 2.56 bits per heavy atom. The van der Waals surface area contributed by atoms with Gasteiger partial charge in [-0.2, -0.15) is 0 Å². The van der Waals surface area contributed by atoms with Gasteiger partial charge in [-0.1, -0.05) is 0 Å².